The number of allylic oxidation sites excluding steroid dienone is 2. The molecule has 2 aliphatic rings. The number of hydrogen-bond acceptors (Lipinski definition) is 1. The first-order chi connectivity index (χ1) is 8.00. The van der Waals surface area contributed by atoms with E-state index in [-0.39, 0.29) is 0 Å². The van der Waals surface area contributed by atoms with Gasteiger partial charge < -0.3 is 5.11 Å². The topological polar surface area (TPSA) is 37.3 Å². The molecular weight excluding hydrogens is 212 g/mol. The van der Waals surface area contributed by atoms with Crippen LogP contribution in [0.3, 0.4) is 0 Å². The molecular formula is C15H22O2. The average molecular weight is 234 g/mol. The Morgan fingerprint density at radius 3 is 2.65 bits per heavy atom. The van der Waals surface area contributed by atoms with Crippen molar-refractivity contribution in [2.75, 3.05) is 0 Å². The van der Waals surface area contributed by atoms with Crippen molar-refractivity contribution in [3.8, 4) is 0 Å². The molecule has 2 aliphatic carbocycles. The third-order valence-electron chi connectivity index (χ3n) is 4.63. The minimum Gasteiger partial charge on any atom is -0.478 e. The Morgan fingerprint density at radius 2 is 2.06 bits per heavy atom. The van der Waals surface area contributed by atoms with Crippen molar-refractivity contribution >= 4 is 5.97 Å². The molecule has 0 aromatic carbocycles. The van der Waals surface area contributed by atoms with Crippen LogP contribution in [-0.4, -0.2) is 11.1 Å². The van der Waals surface area contributed by atoms with Crippen molar-refractivity contribution in [1.29, 1.82) is 0 Å². The highest BCUT2D eigenvalue weighted by molar-refractivity contribution is 5.87. The zero-order valence-electron chi connectivity index (χ0n) is 10.8. The first kappa shape index (κ1) is 12.4. The number of aliphatic carboxylic acids is 1. The van der Waals surface area contributed by atoms with E-state index in [4.69, 9.17) is 0 Å². The fourth-order valence-corrected chi connectivity index (χ4v) is 3.46. The Morgan fingerprint density at radius 1 is 1.35 bits per heavy atom. The maximum atomic E-state index is 11.4. The second kappa shape index (κ2) is 4.67. The molecule has 1 N–H and O–H groups in total. The first-order valence-corrected chi connectivity index (χ1v) is 6.61. The molecule has 0 radical (unpaired) electrons. The zero-order chi connectivity index (χ0) is 12.6. The molecule has 2 rings (SSSR count). The van der Waals surface area contributed by atoms with Crippen molar-refractivity contribution in [2.45, 2.75) is 46.0 Å². The van der Waals surface area contributed by atoms with E-state index < -0.39 is 5.97 Å². The molecule has 0 bridgehead atoms. The minimum atomic E-state index is -0.693. The molecule has 3 unspecified atom stereocenters. The van der Waals surface area contributed by atoms with Gasteiger partial charge in [-0.25, -0.2) is 4.79 Å². The average Bonchev–Trinajstić information content (AvgIpc) is 2.51. The molecule has 0 amide bonds. The molecule has 94 valence electrons. The summed E-state index contributed by atoms with van der Waals surface area (Å²) >= 11 is 0. The lowest BCUT2D eigenvalue weighted by Crippen LogP contribution is -2.12. The van der Waals surface area contributed by atoms with Gasteiger partial charge in [0.15, 0.2) is 0 Å². The number of carboxylic acids is 1. The SMILES string of the molecule is C=C(C)C1CCC(C(=O)O)=C2CCC(C)C2C1. The van der Waals surface area contributed by atoms with Gasteiger partial charge >= 0.3 is 5.97 Å². The van der Waals surface area contributed by atoms with Gasteiger partial charge in [0.25, 0.3) is 0 Å². The van der Waals surface area contributed by atoms with Crippen LogP contribution >= 0.6 is 0 Å². The summed E-state index contributed by atoms with van der Waals surface area (Å²) in [5.74, 6) is 0.943. The van der Waals surface area contributed by atoms with Gasteiger partial charge in [0, 0.05) is 5.57 Å². The second-order valence-electron chi connectivity index (χ2n) is 5.75. The molecule has 1 saturated carbocycles. The monoisotopic (exact) mass is 234 g/mol. The number of carbonyl (C=O) groups is 1. The quantitative estimate of drug-likeness (QED) is 0.738. The molecule has 2 nitrogen and oxygen atoms in total. The lowest BCUT2D eigenvalue weighted by molar-refractivity contribution is -0.132. The van der Waals surface area contributed by atoms with Gasteiger partial charge in [-0.3, -0.25) is 0 Å². The van der Waals surface area contributed by atoms with Crippen LogP contribution in [0.15, 0.2) is 23.3 Å². The summed E-state index contributed by atoms with van der Waals surface area (Å²) in [4.78, 5) is 11.4. The van der Waals surface area contributed by atoms with Crippen LogP contribution in [0.5, 0.6) is 0 Å². The van der Waals surface area contributed by atoms with E-state index in [1.54, 1.807) is 0 Å². The Balaban J connectivity index is 2.32. The fourth-order valence-electron chi connectivity index (χ4n) is 3.46. The molecule has 17 heavy (non-hydrogen) atoms. The summed E-state index contributed by atoms with van der Waals surface area (Å²) in [5.41, 5.74) is 3.17. The van der Waals surface area contributed by atoms with Crippen LogP contribution in [0.4, 0.5) is 0 Å². The summed E-state index contributed by atoms with van der Waals surface area (Å²) in [6, 6.07) is 0. The molecule has 1 fully saturated rings. The van der Waals surface area contributed by atoms with Crippen molar-refractivity contribution in [2.24, 2.45) is 17.8 Å². The third-order valence-corrected chi connectivity index (χ3v) is 4.63. The summed E-state index contributed by atoms with van der Waals surface area (Å²) in [6.07, 6.45) is 4.95. The van der Waals surface area contributed by atoms with Gasteiger partial charge in [-0.1, -0.05) is 24.6 Å². The molecule has 0 heterocycles. The number of carboxylic acid groups (broad SMARTS) is 1. The summed E-state index contributed by atoms with van der Waals surface area (Å²) < 4.78 is 0. The fraction of sp³-hybridized carbons (Fsp3) is 0.667. The smallest absolute Gasteiger partial charge is 0.331 e. The molecule has 0 saturated heterocycles. The summed E-state index contributed by atoms with van der Waals surface area (Å²) in [7, 11) is 0. The minimum absolute atomic E-state index is 0.491. The third kappa shape index (κ3) is 2.31. The Bertz CT molecular complexity index is 378. The molecule has 2 heteroatoms. The Hall–Kier alpha value is -1.05. The van der Waals surface area contributed by atoms with Crippen LogP contribution in [-0.2, 0) is 4.79 Å². The van der Waals surface area contributed by atoms with Gasteiger partial charge in [0.05, 0.1) is 0 Å². The normalized spacial score (nSPS) is 33.2. The van der Waals surface area contributed by atoms with E-state index in [0.717, 1.165) is 32.1 Å². The first-order valence-electron chi connectivity index (χ1n) is 6.61. The number of rotatable bonds is 2. The van der Waals surface area contributed by atoms with Gasteiger partial charge in [-0.2, -0.15) is 0 Å². The van der Waals surface area contributed by atoms with Crippen molar-refractivity contribution in [1.82, 2.24) is 0 Å². The second-order valence-corrected chi connectivity index (χ2v) is 5.75. The lowest BCUT2D eigenvalue weighted by atomic mass is 9.83. The highest BCUT2D eigenvalue weighted by Crippen LogP contribution is 2.46. The maximum Gasteiger partial charge on any atom is 0.331 e. The largest absolute Gasteiger partial charge is 0.478 e. The predicted octanol–water partition coefficient (Wildman–Crippen LogP) is 3.79. The molecule has 0 spiro atoms. The van der Waals surface area contributed by atoms with Crippen molar-refractivity contribution < 1.29 is 9.90 Å². The van der Waals surface area contributed by atoms with Gasteiger partial charge in [0.2, 0.25) is 0 Å². The summed E-state index contributed by atoms with van der Waals surface area (Å²) in [6.45, 7) is 8.40. The van der Waals surface area contributed by atoms with E-state index in [9.17, 15) is 9.90 Å². The molecule has 0 aliphatic heterocycles. The van der Waals surface area contributed by atoms with E-state index >= 15 is 0 Å². The van der Waals surface area contributed by atoms with E-state index in [1.807, 2.05) is 0 Å². The van der Waals surface area contributed by atoms with Gasteiger partial charge in [-0.05, 0) is 56.8 Å². The van der Waals surface area contributed by atoms with Gasteiger partial charge in [-0.15, -0.1) is 0 Å². The van der Waals surface area contributed by atoms with E-state index in [0.29, 0.717) is 23.3 Å². The Labute approximate surface area is 103 Å². The Kier molecular flexibility index (Phi) is 3.41. The zero-order valence-corrected chi connectivity index (χ0v) is 10.8. The highest BCUT2D eigenvalue weighted by atomic mass is 16.4. The standard InChI is InChI=1S/C15H22O2/c1-9(2)11-5-7-13(15(16)17)12-6-4-10(3)14(12)8-11/h10-11,14H,1,4-8H2,2-3H3,(H,16,17). The lowest BCUT2D eigenvalue weighted by Gasteiger charge is -2.21. The van der Waals surface area contributed by atoms with Crippen LogP contribution in [0.25, 0.3) is 0 Å². The predicted molar refractivity (Wildman–Crippen MR) is 68.7 cm³/mol. The highest BCUT2D eigenvalue weighted by Gasteiger charge is 2.36. The van der Waals surface area contributed by atoms with Crippen LogP contribution < -0.4 is 0 Å². The molecule has 0 aromatic rings. The van der Waals surface area contributed by atoms with E-state index in [1.165, 1.54) is 11.1 Å². The van der Waals surface area contributed by atoms with Crippen LogP contribution in [0.1, 0.15) is 46.0 Å². The molecule has 3 atom stereocenters. The van der Waals surface area contributed by atoms with Crippen LogP contribution in [0, 0.1) is 17.8 Å². The van der Waals surface area contributed by atoms with Crippen LogP contribution in [0.2, 0.25) is 0 Å². The number of hydrogen-bond donors (Lipinski definition) is 1. The molecule has 0 aromatic heterocycles. The van der Waals surface area contributed by atoms with E-state index in [2.05, 4.69) is 20.4 Å². The number of fused-ring (bicyclic) bond motifs is 1. The van der Waals surface area contributed by atoms with Crippen molar-refractivity contribution in [3.05, 3.63) is 23.3 Å². The maximum absolute atomic E-state index is 11.4. The summed E-state index contributed by atoms with van der Waals surface area (Å²) in [5, 5.41) is 9.34. The van der Waals surface area contributed by atoms with Gasteiger partial charge in [0.1, 0.15) is 0 Å². The van der Waals surface area contributed by atoms with Crippen molar-refractivity contribution in [3.63, 3.8) is 0 Å².